The second-order valence-electron chi connectivity index (χ2n) is 7.30. The Labute approximate surface area is 179 Å². The molecule has 3 aromatic heterocycles. The van der Waals surface area contributed by atoms with Gasteiger partial charge in [-0.15, -0.1) is 23.1 Å². The van der Waals surface area contributed by atoms with E-state index >= 15 is 0 Å². The van der Waals surface area contributed by atoms with E-state index in [1.807, 2.05) is 24.8 Å². The number of alkyl halides is 3. The van der Waals surface area contributed by atoms with E-state index in [2.05, 4.69) is 15.4 Å². The van der Waals surface area contributed by atoms with E-state index in [0.717, 1.165) is 33.9 Å². The zero-order chi connectivity index (χ0) is 21.6. The van der Waals surface area contributed by atoms with Gasteiger partial charge in [0.1, 0.15) is 16.2 Å². The van der Waals surface area contributed by atoms with Crippen molar-refractivity contribution in [3.8, 4) is 0 Å². The standard InChI is InChI=1S/C19H22F3N5OS2/c1-10-24-13-14(26(10)2)15(30-18(13)29-3)17(28)23-8-9-27-12-7-5-4-6-11(12)16(25-27)19(20,21)22/h4-9H2,1-3H3,(H,23,28). The number of aryl methyl sites for hydroxylation is 2. The summed E-state index contributed by atoms with van der Waals surface area (Å²) in [5.74, 6) is 0.574. The third-order valence-corrected chi connectivity index (χ3v) is 7.72. The molecule has 0 atom stereocenters. The van der Waals surface area contributed by atoms with Crippen LogP contribution in [0.15, 0.2) is 4.21 Å². The van der Waals surface area contributed by atoms with Gasteiger partial charge in [0.2, 0.25) is 0 Å². The van der Waals surface area contributed by atoms with E-state index in [1.54, 1.807) is 11.8 Å². The predicted molar refractivity (Wildman–Crippen MR) is 111 cm³/mol. The minimum Gasteiger partial charge on any atom is -0.349 e. The Hall–Kier alpha value is -2.01. The number of hydrogen-bond acceptors (Lipinski definition) is 5. The Morgan fingerprint density at radius 1 is 1.30 bits per heavy atom. The fraction of sp³-hybridized carbons (Fsp3) is 0.526. The van der Waals surface area contributed by atoms with E-state index in [4.69, 9.17) is 0 Å². The quantitative estimate of drug-likeness (QED) is 0.584. The molecule has 11 heteroatoms. The number of carbonyl (C=O) groups excluding carboxylic acids is 1. The zero-order valence-corrected chi connectivity index (χ0v) is 18.5. The first kappa shape index (κ1) is 21.2. The molecule has 162 valence electrons. The van der Waals surface area contributed by atoms with Gasteiger partial charge in [-0.1, -0.05) is 0 Å². The van der Waals surface area contributed by atoms with Gasteiger partial charge in [-0.2, -0.15) is 18.3 Å². The van der Waals surface area contributed by atoms with Crippen LogP contribution in [0.2, 0.25) is 0 Å². The topological polar surface area (TPSA) is 64.7 Å². The number of amides is 1. The Balaban J connectivity index is 1.52. The van der Waals surface area contributed by atoms with E-state index < -0.39 is 11.9 Å². The monoisotopic (exact) mass is 457 g/mol. The van der Waals surface area contributed by atoms with Gasteiger partial charge in [0, 0.05) is 24.8 Å². The number of aromatic nitrogens is 4. The molecule has 0 bridgehead atoms. The van der Waals surface area contributed by atoms with Crippen LogP contribution in [0.3, 0.4) is 0 Å². The molecule has 3 aromatic rings. The zero-order valence-electron chi connectivity index (χ0n) is 16.9. The summed E-state index contributed by atoms with van der Waals surface area (Å²) < 4.78 is 44.3. The van der Waals surface area contributed by atoms with Gasteiger partial charge in [-0.3, -0.25) is 9.48 Å². The van der Waals surface area contributed by atoms with Crippen LogP contribution in [-0.4, -0.2) is 38.0 Å². The molecule has 0 spiro atoms. The molecular formula is C19H22F3N5OS2. The molecule has 30 heavy (non-hydrogen) atoms. The number of nitrogens with zero attached hydrogens (tertiary/aromatic N) is 4. The highest BCUT2D eigenvalue weighted by Gasteiger charge is 2.39. The van der Waals surface area contributed by atoms with Crippen LogP contribution in [0.25, 0.3) is 11.0 Å². The average Bonchev–Trinajstić information content (AvgIpc) is 3.34. The summed E-state index contributed by atoms with van der Waals surface area (Å²) in [7, 11) is 1.87. The van der Waals surface area contributed by atoms with Crippen molar-refractivity contribution < 1.29 is 18.0 Å². The molecule has 1 N–H and O–H groups in total. The van der Waals surface area contributed by atoms with Gasteiger partial charge >= 0.3 is 6.18 Å². The Kier molecular flexibility index (Phi) is 5.60. The summed E-state index contributed by atoms with van der Waals surface area (Å²) in [6.07, 6.45) is 0.0755. The highest BCUT2D eigenvalue weighted by atomic mass is 32.2. The van der Waals surface area contributed by atoms with Crippen molar-refractivity contribution in [1.82, 2.24) is 24.6 Å². The Bertz CT molecular complexity index is 1110. The first-order valence-electron chi connectivity index (χ1n) is 9.66. The van der Waals surface area contributed by atoms with Crippen molar-refractivity contribution in [1.29, 1.82) is 0 Å². The van der Waals surface area contributed by atoms with Crippen LogP contribution < -0.4 is 5.32 Å². The number of hydrogen-bond donors (Lipinski definition) is 1. The third-order valence-electron chi connectivity index (χ3n) is 5.45. The van der Waals surface area contributed by atoms with Gasteiger partial charge in [0.05, 0.1) is 16.3 Å². The maximum absolute atomic E-state index is 13.3. The molecular weight excluding hydrogens is 435 g/mol. The molecule has 0 aromatic carbocycles. The number of imidazole rings is 1. The lowest BCUT2D eigenvalue weighted by atomic mass is 9.95. The molecule has 0 radical (unpaired) electrons. The second kappa shape index (κ2) is 7.92. The first-order chi connectivity index (χ1) is 14.2. The average molecular weight is 458 g/mol. The van der Waals surface area contributed by atoms with Gasteiger partial charge < -0.3 is 9.88 Å². The summed E-state index contributed by atoms with van der Waals surface area (Å²) >= 11 is 2.93. The Morgan fingerprint density at radius 2 is 2.03 bits per heavy atom. The van der Waals surface area contributed by atoms with Crippen molar-refractivity contribution >= 4 is 40.0 Å². The highest BCUT2D eigenvalue weighted by Crippen LogP contribution is 2.37. The fourth-order valence-corrected chi connectivity index (χ4v) is 5.77. The maximum Gasteiger partial charge on any atom is 0.435 e. The van der Waals surface area contributed by atoms with Crippen LogP contribution >= 0.6 is 23.1 Å². The highest BCUT2D eigenvalue weighted by molar-refractivity contribution is 8.00. The minimum absolute atomic E-state index is 0.203. The molecule has 1 aliphatic carbocycles. The SMILES string of the molecule is CSc1sc(C(=O)NCCn2nc(C(F)(F)F)c3c2CCCC3)c2c1nc(C)n2C. The molecule has 0 saturated heterocycles. The maximum atomic E-state index is 13.3. The van der Waals surface area contributed by atoms with E-state index in [0.29, 0.717) is 29.0 Å². The summed E-state index contributed by atoms with van der Waals surface area (Å²) in [5.41, 5.74) is 1.78. The van der Waals surface area contributed by atoms with Gasteiger partial charge in [0.15, 0.2) is 5.69 Å². The lowest BCUT2D eigenvalue weighted by Crippen LogP contribution is -2.28. The largest absolute Gasteiger partial charge is 0.435 e. The summed E-state index contributed by atoms with van der Waals surface area (Å²) in [6, 6.07) is 0. The third kappa shape index (κ3) is 3.62. The molecule has 1 amide bonds. The fourth-order valence-electron chi connectivity index (χ4n) is 3.93. The van der Waals surface area contributed by atoms with Crippen molar-refractivity contribution in [2.24, 2.45) is 7.05 Å². The number of thiophene rings is 1. The molecule has 0 unspecified atom stereocenters. The van der Waals surface area contributed by atoms with Crippen molar-refractivity contribution in [3.05, 3.63) is 27.7 Å². The molecule has 0 fully saturated rings. The summed E-state index contributed by atoms with van der Waals surface area (Å²) in [6.45, 7) is 2.29. The van der Waals surface area contributed by atoms with Crippen LogP contribution in [0.4, 0.5) is 13.2 Å². The van der Waals surface area contributed by atoms with Gasteiger partial charge in [-0.25, -0.2) is 4.98 Å². The van der Waals surface area contributed by atoms with Crippen molar-refractivity contribution in [2.75, 3.05) is 12.8 Å². The molecule has 0 saturated carbocycles. The van der Waals surface area contributed by atoms with E-state index in [9.17, 15) is 18.0 Å². The van der Waals surface area contributed by atoms with Crippen LogP contribution in [0.1, 0.15) is 45.3 Å². The molecule has 3 heterocycles. The lowest BCUT2D eigenvalue weighted by molar-refractivity contribution is -0.142. The minimum atomic E-state index is -4.45. The number of carbonyl (C=O) groups is 1. The normalized spacial score (nSPS) is 14.3. The smallest absolute Gasteiger partial charge is 0.349 e. The summed E-state index contributed by atoms with van der Waals surface area (Å²) in [4.78, 5) is 17.9. The molecule has 4 rings (SSSR count). The number of halogens is 3. The predicted octanol–water partition coefficient (Wildman–Crippen LogP) is 4.19. The first-order valence-corrected chi connectivity index (χ1v) is 11.7. The van der Waals surface area contributed by atoms with Crippen LogP contribution in [-0.2, 0) is 32.6 Å². The van der Waals surface area contributed by atoms with E-state index in [-0.39, 0.29) is 19.0 Å². The molecule has 0 aliphatic heterocycles. The van der Waals surface area contributed by atoms with Crippen LogP contribution in [0, 0.1) is 6.92 Å². The van der Waals surface area contributed by atoms with Gasteiger partial charge in [-0.05, 0) is 38.9 Å². The second-order valence-corrected chi connectivity index (χ2v) is 9.39. The number of nitrogens with one attached hydrogen (secondary N) is 1. The van der Waals surface area contributed by atoms with Gasteiger partial charge in [0.25, 0.3) is 5.91 Å². The number of fused-ring (bicyclic) bond motifs is 2. The summed E-state index contributed by atoms with van der Waals surface area (Å²) in [5, 5.41) is 6.69. The molecule has 6 nitrogen and oxygen atoms in total. The lowest BCUT2D eigenvalue weighted by Gasteiger charge is -2.14. The van der Waals surface area contributed by atoms with Crippen molar-refractivity contribution in [2.45, 2.75) is 49.5 Å². The number of rotatable bonds is 5. The Morgan fingerprint density at radius 3 is 2.73 bits per heavy atom. The van der Waals surface area contributed by atoms with Crippen molar-refractivity contribution in [3.63, 3.8) is 0 Å². The number of thioether (sulfide) groups is 1. The van der Waals surface area contributed by atoms with Crippen LogP contribution in [0.5, 0.6) is 0 Å². The van der Waals surface area contributed by atoms with E-state index in [1.165, 1.54) is 16.0 Å². The molecule has 1 aliphatic rings.